The molecular weight excluding hydrogens is 464 g/mol. The van der Waals surface area contributed by atoms with Crippen LogP contribution in [0.4, 0.5) is 4.79 Å². The zero-order valence-corrected chi connectivity index (χ0v) is 21.8. The number of benzene rings is 2. The minimum Gasteiger partial charge on any atom is -0.497 e. The molecule has 1 aliphatic heterocycles. The highest BCUT2D eigenvalue weighted by molar-refractivity contribution is 5.97. The highest BCUT2D eigenvalue weighted by atomic mass is 16.5. The molecule has 0 atom stereocenters. The van der Waals surface area contributed by atoms with Gasteiger partial charge in [-0.25, -0.2) is 4.79 Å². The fourth-order valence-electron chi connectivity index (χ4n) is 5.50. The topological polar surface area (TPSA) is 66.8 Å². The number of piperazine rings is 1. The highest BCUT2D eigenvalue weighted by Crippen LogP contribution is 2.31. The lowest BCUT2D eigenvalue weighted by atomic mass is 9.96. The molecule has 194 valence electrons. The summed E-state index contributed by atoms with van der Waals surface area (Å²) in [4.78, 5) is 30.2. The number of hydrogen-bond acceptors (Lipinski definition) is 3. The van der Waals surface area contributed by atoms with Gasteiger partial charge in [-0.3, -0.25) is 4.79 Å². The van der Waals surface area contributed by atoms with Crippen molar-refractivity contribution >= 4 is 11.9 Å². The number of aromatic nitrogens is 1. The van der Waals surface area contributed by atoms with E-state index in [1.54, 1.807) is 7.11 Å². The predicted octanol–water partition coefficient (Wildman–Crippen LogP) is 5.26. The van der Waals surface area contributed by atoms with Crippen LogP contribution in [-0.2, 0) is 0 Å². The van der Waals surface area contributed by atoms with Gasteiger partial charge in [0, 0.05) is 43.6 Å². The van der Waals surface area contributed by atoms with Gasteiger partial charge in [0.15, 0.2) is 0 Å². The van der Waals surface area contributed by atoms with Gasteiger partial charge in [0.1, 0.15) is 5.75 Å². The van der Waals surface area contributed by atoms with E-state index in [0.29, 0.717) is 31.7 Å². The van der Waals surface area contributed by atoms with Gasteiger partial charge in [0.2, 0.25) is 0 Å². The largest absolute Gasteiger partial charge is 0.497 e. The van der Waals surface area contributed by atoms with Gasteiger partial charge in [-0.1, -0.05) is 37.5 Å². The van der Waals surface area contributed by atoms with Gasteiger partial charge in [-0.05, 0) is 67.8 Å². The van der Waals surface area contributed by atoms with Crippen LogP contribution >= 0.6 is 0 Å². The van der Waals surface area contributed by atoms with E-state index in [-0.39, 0.29) is 18.0 Å². The molecule has 1 N–H and O–H groups in total. The van der Waals surface area contributed by atoms with Crippen molar-refractivity contribution in [1.29, 1.82) is 0 Å². The molecule has 3 amide bonds. The molecule has 2 aromatic carbocycles. The number of methoxy groups -OCH3 is 1. The summed E-state index contributed by atoms with van der Waals surface area (Å²) < 4.78 is 7.48. The van der Waals surface area contributed by atoms with E-state index in [4.69, 9.17) is 4.74 Å². The lowest BCUT2D eigenvalue weighted by molar-refractivity contribution is 0.0662. The smallest absolute Gasteiger partial charge is 0.317 e. The Balaban J connectivity index is 1.34. The molecule has 1 aromatic heterocycles. The summed E-state index contributed by atoms with van der Waals surface area (Å²) in [6, 6.07) is 20.3. The minimum atomic E-state index is 0.00667. The van der Waals surface area contributed by atoms with Crippen molar-refractivity contribution in [1.82, 2.24) is 19.7 Å². The molecule has 3 aromatic rings. The molecule has 1 saturated heterocycles. The van der Waals surface area contributed by atoms with E-state index in [0.717, 1.165) is 41.2 Å². The predicted molar refractivity (Wildman–Crippen MR) is 145 cm³/mol. The van der Waals surface area contributed by atoms with Gasteiger partial charge in [-0.2, -0.15) is 0 Å². The Morgan fingerprint density at radius 2 is 1.51 bits per heavy atom. The number of rotatable bonds is 5. The van der Waals surface area contributed by atoms with Gasteiger partial charge in [0.05, 0.1) is 18.4 Å². The SMILES string of the molecule is COc1ccc(-c2cc(C(=O)N3CCN(C(=O)NC4CCCCC4)CC3)c(C)n2-c2ccccc2)cc1. The number of ether oxygens (including phenoxy) is 1. The number of nitrogens with one attached hydrogen (secondary N) is 1. The number of hydrogen-bond donors (Lipinski definition) is 1. The summed E-state index contributed by atoms with van der Waals surface area (Å²) >= 11 is 0. The van der Waals surface area contributed by atoms with Crippen molar-refractivity contribution in [3.63, 3.8) is 0 Å². The van der Waals surface area contributed by atoms with Crippen LogP contribution in [0.2, 0.25) is 0 Å². The number of amides is 3. The van der Waals surface area contributed by atoms with E-state index < -0.39 is 0 Å². The van der Waals surface area contributed by atoms with Crippen molar-refractivity contribution in [2.75, 3.05) is 33.3 Å². The Morgan fingerprint density at radius 1 is 0.865 bits per heavy atom. The fourth-order valence-corrected chi connectivity index (χ4v) is 5.50. The summed E-state index contributed by atoms with van der Waals surface area (Å²) in [6.07, 6.45) is 5.77. The van der Waals surface area contributed by atoms with Crippen LogP contribution in [0, 0.1) is 6.92 Å². The molecule has 0 bridgehead atoms. The molecular formula is C30H36N4O3. The third-order valence-electron chi connectivity index (χ3n) is 7.66. The minimum absolute atomic E-state index is 0.00667. The number of para-hydroxylation sites is 1. The maximum atomic E-state index is 13.7. The monoisotopic (exact) mass is 500 g/mol. The molecule has 0 spiro atoms. The average Bonchev–Trinajstić information content (AvgIpc) is 3.30. The van der Waals surface area contributed by atoms with Crippen molar-refractivity contribution in [3.05, 3.63) is 71.9 Å². The second-order valence-electron chi connectivity index (χ2n) is 9.99. The summed E-state index contributed by atoms with van der Waals surface area (Å²) in [5.74, 6) is 0.800. The van der Waals surface area contributed by atoms with E-state index >= 15 is 0 Å². The van der Waals surface area contributed by atoms with E-state index in [9.17, 15) is 9.59 Å². The zero-order chi connectivity index (χ0) is 25.8. The summed E-state index contributed by atoms with van der Waals surface area (Å²) in [6.45, 7) is 4.17. The Morgan fingerprint density at radius 3 is 2.16 bits per heavy atom. The summed E-state index contributed by atoms with van der Waals surface area (Å²) in [5, 5.41) is 3.20. The number of carbonyl (C=O) groups excluding carboxylic acids is 2. The lowest BCUT2D eigenvalue weighted by Crippen LogP contribution is -2.54. The Bertz CT molecular complexity index is 1220. The third-order valence-corrected chi connectivity index (χ3v) is 7.66. The molecule has 1 saturated carbocycles. The molecule has 7 heteroatoms. The van der Waals surface area contributed by atoms with E-state index in [1.165, 1.54) is 19.3 Å². The first-order chi connectivity index (χ1) is 18.0. The van der Waals surface area contributed by atoms with Crippen LogP contribution < -0.4 is 10.1 Å². The first-order valence-corrected chi connectivity index (χ1v) is 13.3. The molecule has 7 nitrogen and oxygen atoms in total. The fraction of sp³-hybridized carbons (Fsp3) is 0.400. The average molecular weight is 501 g/mol. The van der Waals surface area contributed by atoms with Crippen LogP contribution in [0.3, 0.4) is 0 Å². The first kappa shape index (κ1) is 24.9. The van der Waals surface area contributed by atoms with Gasteiger partial charge in [-0.15, -0.1) is 0 Å². The van der Waals surface area contributed by atoms with Crippen molar-refractivity contribution < 1.29 is 14.3 Å². The lowest BCUT2D eigenvalue weighted by Gasteiger charge is -2.36. The maximum absolute atomic E-state index is 13.7. The van der Waals surface area contributed by atoms with Crippen molar-refractivity contribution in [3.8, 4) is 22.7 Å². The van der Waals surface area contributed by atoms with E-state index in [2.05, 4.69) is 22.0 Å². The number of nitrogens with zero attached hydrogens (tertiary/aromatic N) is 3. The standard InChI is InChI=1S/C30H36N4O3/c1-22-27(29(35)32-17-19-33(20-18-32)30(36)31-24-9-5-3-6-10-24)21-28(23-13-15-26(37-2)16-14-23)34(22)25-11-7-4-8-12-25/h4,7-8,11-16,21,24H,3,5-6,9-10,17-20H2,1-2H3,(H,31,36). The van der Waals surface area contributed by atoms with Gasteiger partial charge >= 0.3 is 6.03 Å². The second-order valence-corrected chi connectivity index (χ2v) is 9.99. The van der Waals surface area contributed by atoms with Crippen LogP contribution in [0.25, 0.3) is 16.9 Å². The molecule has 37 heavy (non-hydrogen) atoms. The van der Waals surface area contributed by atoms with Crippen molar-refractivity contribution in [2.45, 2.75) is 45.1 Å². The first-order valence-electron chi connectivity index (χ1n) is 13.3. The molecule has 2 fully saturated rings. The van der Waals surface area contributed by atoms with E-state index in [1.807, 2.05) is 65.3 Å². The zero-order valence-electron chi connectivity index (χ0n) is 21.8. The summed E-state index contributed by atoms with van der Waals surface area (Å²) in [5.41, 5.74) is 4.57. The molecule has 5 rings (SSSR count). The Kier molecular flexibility index (Phi) is 7.49. The Labute approximate surface area is 219 Å². The number of carbonyl (C=O) groups is 2. The van der Waals surface area contributed by atoms with Crippen LogP contribution in [0.5, 0.6) is 5.75 Å². The number of urea groups is 1. The second kappa shape index (κ2) is 11.1. The summed E-state index contributed by atoms with van der Waals surface area (Å²) in [7, 11) is 1.65. The quantitative estimate of drug-likeness (QED) is 0.520. The third kappa shape index (κ3) is 5.36. The Hall–Kier alpha value is -3.74. The normalized spacial score (nSPS) is 16.5. The maximum Gasteiger partial charge on any atom is 0.317 e. The highest BCUT2D eigenvalue weighted by Gasteiger charge is 2.29. The van der Waals surface area contributed by atoms with Gasteiger partial charge in [0.25, 0.3) is 5.91 Å². The molecule has 2 heterocycles. The van der Waals surface area contributed by atoms with Crippen LogP contribution in [0.15, 0.2) is 60.7 Å². The molecule has 0 unspecified atom stereocenters. The molecule has 2 aliphatic rings. The van der Waals surface area contributed by atoms with Crippen molar-refractivity contribution in [2.24, 2.45) is 0 Å². The van der Waals surface area contributed by atoms with Gasteiger partial charge < -0.3 is 24.4 Å². The molecule has 0 radical (unpaired) electrons. The van der Waals surface area contributed by atoms with Crippen LogP contribution in [-0.4, -0.2) is 65.6 Å². The van der Waals surface area contributed by atoms with Crippen LogP contribution in [0.1, 0.15) is 48.2 Å². The molecule has 1 aliphatic carbocycles.